The molecule has 2 aliphatic rings. The number of piperidine rings is 1. The third kappa shape index (κ3) is 4.49. The quantitative estimate of drug-likeness (QED) is 0.399. The highest BCUT2D eigenvalue weighted by Crippen LogP contribution is 2.33. The molecule has 0 amide bonds. The number of nitrogens with zero attached hydrogens (tertiary/aromatic N) is 5. The van der Waals surface area contributed by atoms with Crippen molar-refractivity contribution in [1.29, 1.82) is 0 Å². The molecule has 0 spiro atoms. The lowest BCUT2D eigenvalue weighted by Crippen LogP contribution is -2.33. The molecule has 1 aliphatic heterocycles. The summed E-state index contributed by atoms with van der Waals surface area (Å²) in [4.78, 5) is 27.5. The Kier molecular flexibility index (Phi) is 5.97. The van der Waals surface area contributed by atoms with Crippen LogP contribution in [0.25, 0.3) is 33.5 Å². The summed E-state index contributed by atoms with van der Waals surface area (Å²) in [6.07, 6.45) is 4.95. The van der Waals surface area contributed by atoms with E-state index < -0.39 is 0 Å². The minimum absolute atomic E-state index is 0.101. The zero-order chi connectivity index (χ0) is 24.8. The van der Waals surface area contributed by atoms with Gasteiger partial charge >= 0.3 is 0 Å². The number of nitrogens with one attached hydrogen (secondary N) is 2. The molecular weight excluding hydrogens is 478 g/mol. The molecule has 186 valence electrons. The fraction of sp³-hybridized carbons (Fsp3) is 0.423. The van der Waals surface area contributed by atoms with E-state index in [1.165, 1.54) is 0 Å². The van der Waals surface area contributed by atoms with Crippen LogP contribution in [0.1, 0.15) is 32.1 Å². The molecule has 1 aromatic carbocycles. The van der Waals surface area contributed by atoms with Crippen LogP contribution < -0.4 is 16.2 Å². The molecule has 0 radical (unpaired) electrons. The highest BCUT2D eigenvalue weighted by Gasteiger charge is 2.33. The van der Waals surface area contributed by atoms with Crippen LogP contribution in [0, 0.1) is 18.8 Å². The van der Waals surface area contributed by atoms with Gasteiger partial charge in [-0.3, -0.25) is 9.36 Å². The summed E-state index contributed by atoms with van der Waals surface area (Å²) in [7, 11) is 0. The van der Waals surface area contributed by atoms with Crippen molar-refractivity contribution in [2.75, 3.05) is 18.4 Å². The molecule has 0 bridgehead atoms. The molecule has 2 N–H and O–H groups in total. The average Bonchev–Trinajstić information content (AvgIpc) is 3.38. The first-order chi connectivity index (χ1) is 17.5. The lowest BCUT2D eigenvalue weighted by atomic mass is 9.97. The van der Waals surface area contributed by atoms with Gasteiger partial charge in [-0.2, -0.15) is 9.97 Å². The monoisotopic (exact) mass is 505 g/mol. The van der Waals surface area contributed by atoms with Gasteiger partial charge in [0.2, 0.25) is 17.7 Å². The van der Waals surface area contributed by atoms with E-state index in [4.69, 9.17) is 21.1 Å². The first-order valence-electron chi connectivity index (χ1n) is 12.4. The fourth-order valence-electron chi connectivity index (χ4n) is 4.89. The molecule has 4 heterocycles. The molecule has 10 heteroatoms. The third-order valence-corrected chi connectivity index (χ3v) is 7.51. The second kappa shape index (κ2) is 9.29. The zero-order valence-electron chi connectivity index (χ0n) is 20.3. The van der Waals surface area contributed by atoms with Crippen molar-refractivity contribution in [2.24, 2.45) is 11.8 Å². The van der Waals surface area contributed by atoms with Crippen molar-refractivity contribution in [1.82, 2.24) is 30.0 Å². The number of anilines is 1. The van der Waals surface area contributed by atoms with E-state index in [0.29, 0.717) is 63.9 Å². The number of pyridine rings is 1. The van der Waals surface area contributed by atoms with Gasteiger partial charge in [-0.25, -0.2) is 4.98 Å². The van der Waals surface area contributed by atoms with Gasteiger partial charge in [-0.15, -0.1) is 0 Å². The van der Waals surface area contributed by atoms with Crippen molar-refractivity contribution in [3.8, 4) is 22.5 Å². The summed E-state index contributed by atoms with van der Waals surface area (Å²) in [5.74, 6) is 2.52. The van der Waals surface area contributed by atoms with Gasteiger partial charge in [0.25, 0.3) is 5.56 Å². The van der Waals surface area contributed by atoms with E-state index in [1.807, 2.05) is 22.8 Å². The highest BCUT2D eigenvalue weighted by atomic mass is 35.5. The summed E-state index contributed by atoms with van der Waals surface area (Å²) in [5, 5.41) is 12.0. The molecule has 0 unspecified atom stereocenters. The maximum absolute atomic E-state index is 13.9. The molecule has 1 saturated heterocycles. The van der Waals surface area contributed by atoms with E-state index in [-0.39, 0.29) is 5.56 Å². The largest absolute Gasteiger partial charge is 0.351 e. The minimum Gasteiger partial charge on any atom is -0.351 e. The van der Waals surface area contributed by atoms with Gasteiger partial charge in [-0.1, -0.05) is 35.8 Å². The molecule has 4 aromatic rings. The molecular formula is C26H28ClN7O2. The SMILES string of the molecule is Cc1nc(-c2ccc(-c3cc4cnc(N[C@H]5C[C@@H]5C)nc4n(CC4CCNCC4)c3=O)c(Cl)c2)no1. The molecule has 9 nitrogen and oxygen atoms in total. The molecule has 2 atom stereocenters. The van der Waals surface area contributed by atoms with Crippen molar-refractivity contribution < 1.29 is 4.52 Å². The number of hydrogen-bond donors (Lipinski definition) is 2. The smallest absolute Gasteiger partial charge is 0.260 e. The average molecular weight is 506 g/mol. The topological polar surface area (TPSA) is 111 Å². The van der Waals surface area contributed by atoms with Gasteiger partial charge in [0.05, 0.1) is 0 Å². The first kappa shape index (κ1) is 23.1. The number of benzene rings is 1. The Balaban J connectivity index is 1.44. The molecule has 1 aliphatic carbocycles. The molecule has 36 heavy (non-hydrogen) atoms. The Morgan fingerprint density at radius 3 is 2.69 bits per heavy atom. The minimum atomic E-state index is -0.101. The summed E-state index contributed by atoms with van der Waals surface area (Å²) in [6, 6.07) is 7.70. The van der Waals surface area contributed by atoms with Gasteiger partial charge in [-0.05, 0) is 56.3 Å². The Bertz CT molecular complexity index is 1490. The summed E-state index contributed by atoms with van der Waals surface area (Å²) >= 11 is 6.71. The number of aromatic nitrogens is 5. The second-order valence-electron chi connectivity index (χ2n) is 9.94. The van der Waals surface area contributed by atoms with E-state index >= 15 is 0 Å². The predicted molar refractivity (Wildman–Crippen MR) is 139 cm³/mol. The van der Waals surface area contributed by atoms with E-state index in [0.717, 1.165) is 43.3 Å². The predicted octanol–water partition coefficient (Wildman–Crippen LogP) is 4.29. The Morgan fingerprint density at radius 2 is 2.00 bits per heavy atom. The summed E-state index contributed by atoms with van der Waals surface area (Å²) in [6.45, 7) is 6.47. The number of halogens is 1. The number of aryl methyl sites for hydroxylation is 1. The van der Waals surface area contributed by atoms with E-state index in [9.17, 15) is 4.79 Å². The number of rotatable bonds is 6. The maximum atomic E-state index is 13.9. The Labute approximate surface area is 213 Å². The van der Waals surface area contributed by atoms with Crippen molar-refractivity contribution >= 4 is 28.6 Å². The van der Waals surface area contributed by atoms with Gasteiger partial charge in [0, 0.05) is 52.8 Å². The van der Waals surface area contributed by atoms with Crippen molar-refractivity contribution in [3.05, 3.63) is 51.7 Å². The second-order valence-corrected chi connectivity index (χ2v) is 10.3. The standard InChI is InChI=1S/C26H28ClN7O2/c1-14-9-22(14)31-26-29-12-18-10-20(19-4-3-17(11-21(19)27)23-30-15(2)36-33-23)25(35)34(24(18)32-26)13-16-5-7-28-8-6-16/h3-4,10-12,14,16,22,28H,5-9,13H2,1-2H3,(H,29,31,32)/t14-,22-/m0/s1. The zero-order valence-corrected chi connectivity index (χ0v) is 21.0. The van der Waals surface area contributed by atoms with Gasteiger partial charge in [0.1, 0.15) is 5.65 Å². The fourth-order valence-corrected chi connectivity index (χ4v) is 5.17. The van der Waals surface area contributed by atoms with E-state index in [1.54, 1.807) is 19.2 Å². The molecule has 3 aromatic heterocycles. The number of hydrogen-bond acceptors (Lipinski definition) is 8. The van der Waals surface area contributed by atoms with Crippen LogP contribution in [-0.2, 0) is 6.54 Å². The lowest BCUT2D eigenvalue weighted by Gasteiger charge is -2.24. The van der Waals surface area contributed by atoms with Crippen molar-refractivity contribution in [3.63, 3.8) is 0 Å². The molecule has 2 fully saturated rings. The van der Waals surface area contributed by atoms with Crippen molar-refractivity contribution in [2.45, 2.75) is 45.7 Å². The van der Waals surface area contributed by atoms with Crippen LogP contribution in [0.4, 0.5) is 5.95 Å². The Morgan fingerprint density at radius 1 is 1.19 bits per heavy atom. The normalized spacial score (nSPS) is 20.1. The van der Waals surface area contributed by atoms with Gasteiger partial charge in [0.15, 0.2) is 0 Å². The maximum Gasteiger partial charge on any atom is 0.260 e. The first-order valence-corrected chi connectivity index (χ1v) is 12.8. The van der Waals surface area contributed by atoms with Crippen LogP contribution in [0.5, 0.6) is 0 Å². The highest BCUT2D eigenvalue weighted by molar-refractivity contribution is 6.33. The van der Waals surface area contributed by atoms with Crippen LogP contribution in [0.3, 0.4) is 0 Å². The molecule has 1 saturated carbocycles. The van der Waals surface area contributed by atoms with Crippen LogP contribution in [-0.4, -0.2) is 43.8 Å². The summed E-state index contributed by atoms with van der Waals surface area (Å²) < 4.78 is 6.91. The Hall–Kier alpha value is -3.30. The number of fused-ring (bicyclic) bond motifs is 1. The van der Waals surface area contributed by atoms with Crippen LogP contribution in [0.2, 0.25) is 5.02 Å². The lowest BCUT2D eigenvalue weighted by molar-refractivity contribution is 0.333. The van der Waals surface area contributed by atoms with Crippen LogP contribution >= 0.6 is 11.6 Å². The summed E-state index contributed by atoms with van der Waals surface area (Å²) in [5.41, 5.74) is 2.46. The van der Waals surface area contributed by atoms with E-state index in [2.05, 4.69) is 32.7 Å². The van der Waals surface area contributed by atoms with Gasteiger partial charge < -0.3 is 15.2 Å². The molecule has 6 rings (SSSR count). The third-order valence-electron chi connectivity index (χ3n) is 7.20. The van der Waals surface area contributed by atoms with Crippen LogP contribution in [0.15, 0.2) is 39.8 Å².